The first-order chi connectivity index (χ1) is 14.2. The molecule has 2 aromatic rings. The second-order valence-corrected chi connectivity index (χ2v) is 7.33. The maximum Gasteiger partial charge on any atom is 0.191 e. The van der Waals surface area contributed by atoms with E-state index in [0.29, 0.717) is 6.54 Å². The summed E-state index contributed by atoms with van der Waals surface area (Å²) in [5.74, 6) is 1.79. The zero-order valence-corrected chi connectivity index (χ0v) is 17.7. The van der Waals surface area contributed by atoms with Gasteiger partial charge in [-0.2, -0.15) is 0 Å². The van der Waals surface area contributed by atoms with E-state index in [1.54, 1.807) is 6.33 Å². The SMILES string of the molecule is CCc1nncn1CCNC(=NCc1cccc(Cl)c1)NCCN1CCOCC1. The molecule has 0 radical (unpaired) electrons. The zero-order valence-electron chi connectivity index (χ0n) is 17.0. The molecule has 0 saturated carbocycles. The van der Waals surface area contributed by atoms with Crippen molar-refractivity contribution in [3.8, 4) is 0 Å². The van der Waals surface area contributed by atoms with Gasteiger partial charge in [-0.05, 0) is 17.7 Å². The molecule has 3 rings (SSSR count). The quantitative estimate of drug-likeness (QED) is 0.474. The molecule has 0 spiro atoms. The van der Waals surface area contributed by atoms with E-state index in [1.807, 2.05) is 24.3 Å². The van der Waals surface area contributed by atoms with Crippen LogP contribution in [0.4, 0.5) is 0 Å². The van der Waals surface area contributed by atoms with Gasteiger partial charge < -0.3 is 19.9 Å². The van der Waals surface area contributed by atoms with Gasteiger partial charge in [0.15, 0.2) is 5.96 Å². The largest absolute Gasteiger partial charge is 0.379 e. The van der Waals surface area contributed by atoms with Crippen molar-refractivity contribution in [2.75, 3.05) is 45.9 Å². The van der Waals surface area contributed by atoms with Crippen LogP contribution in [0.15, 0.2) is 35.6 Å². The molecule has 1 fully saturated rings. The summed E-state index contributed by atoms with van der Waals surface area (Å²) in [5, 5.41) is 15.7. The third-order valence-electron chi connectivity index (χ3n) is 4.79. The minimum Gasteiger partial charge on any atom is -0.379 e. The lowest BCUT2D eigenvalue weighted by Crippen LogP contribution is -2.45. The van der Waals surface area contributed by atoms with Crippen molar-refractivity contribution in [2.24, 2.45) is 4.99 Å². The van der Waals surface area contributed by atoms with Crippen LogP contribution in [-0.2, 0) is 24.2 Å². The van der Waals surface area contributed by atoms with Crippen molar-refractivity contribution >= 4 is 17.6 Å². The third kappa shape index (κ3) is 7.30. The lowest BCUT2D eigenvalue weighted by Gasteiger charge is -2.26. The first-order valence-electron chi connectivity index (χ1n) is 10.2. The standard InChI is InChI=1S/C20H30ClN7O/c1-2-19-26-25-16-28(19)9-7-23-20(22-6-8-27-10-12-29-13-11-27)24-15-17-4-3-5-18(21)14-17/h3-5,14,16H,2,6-13,15H2,1H3,(H2,22,23,24). The third-order valence-corrected chi connectivity index (χ3v) is 5.03. The van der Waals surface area contributed by atoms with Gasteiger partial charge in [-0.15, -0.1) is 10.2 Å². The fraction of sp³-hybridized carbons (Fsp3) is 0.550. The fourth-order valence-corrected chi connectivity index (χ4v) is 3.38. The van der Waals surface area contributed by atoms with E-state index in [0.717, 1.165) is 81.3 Å². The van der Waals surface area contributed by atoms with Crippen LogP contribution in [0.25, 0.3) is 0 Å². The van der Waals surface area contributed by atoms with Crippen LogP contribution in [0.1, 0.15) is 18.3 Å². The van der Waals surface area contributed by atoms with Crippen LogP contribution in [0.5, 0.6) is 0 Å². The Morgan fingerprint density at radius 1 is 1.21 bits per heavy atom. The molecule has 8 nitrogen and oxygen atoms in total. The van der Waals surface area contributed by atoms with Crippen LogP contribution in [0.2, 0.25) is 5.02 Å². The fourth-order valence-electron chi connectivity index (χ4n) is 3.17. The first kappa shape index (κ1) is 21.5. The van der Waals surface area contributed by atoms with Crippen molar-refractivity contribution in [3.63, 3.8) is 0 Å². The Kier molecular flexibility index (Phi) is 8.73. The molecule has 1 aromatic heterocycles. The number of guanidine groups is 1. The summed E-state index contributed by atoms with van der Waals surface area (Å²) < 4.78 is 7.48. The molecular formula is C20H30ClN7O. The van der Waals surface area contributed by atoms with Gasteiger partial charge in [0, 0.05) is 50.7 Å². The number of nitrogens with one attached hydrogen (secondary N) is 2. The lowest BCUT2D eigenvalue weighted by molar-refractivity contribution is 0.0389. The number of hydrogen-bond acceptors (Lipinski definition) is 5. The van der Waals surface area contributed by atoms with Crippen LogP contribution >= 0.6 is 11.6 Å². The normalized spacial score (nSPS) is 15.4. The molecule has 2 heterocycles. The van der Waals surface area contributed by atoms with E-state index >= 15 is 0 Å². The number of aryl methyl sites for hydroxylation is 1. The Bertz CT molecular complexity index is 774. The molecule has 1 aliphatic heterocycles. The molecule has 0 unspecified atom stereocenters. The molecule has 2 N–H and O–H groups in total. The molecule has 1 saturated heterocycles. The predicted octanol–water partition coefficient (Wildman–Crippen LogP) is 1.56. The van der Waals surface area contributed by atoms with Crippen LogP contribution in [0, 0.1) is 0 Å². The highest BCUT2D eigenvalue weighted by Gasteiger charge is 2.10. The van der Waals surface area contributed by atoms with Gasteiger partial charge in [-0.1, -0.05) is 30.7 Å². The summed E-state index contributed by atoms with van der Waals surface area (Å²) in [4.78, 5) is 7.13. The summed E-state index contributed by atoms with van der Waals surface area (Å²) in [5.41, 5.74) is 1.08. The maximum absolute atomic E-state index is 6.09. The molecule has 0 bridgehead atoms. The number of nitrogens with zero attached hydrogens (tertiary/aromatic N) is 5. The summed E-state index contributed by atoms with van der Waals surface area (Å²) in [6, 6.07) is 7.80. The van der Waals surface area contributed by atoms with E-state index in [4.69, 9.17) is 21.3 Å². The minimum atomic E-state index is 0.570. The summed E-state index contributed by atoms with van der Waals surface area (Å²) in [6.45, 7) is 9.57. The first-order valence-corrected chi connectivity index (χ1v) is 10.6. The van der Waals surface area contributed by atoms with E-state index in [-0.39, 0.29) is 0 Å². The van der Waals surface area contributed by atoms with Crippen molar-refractivity contribution < 1.29 is 4.74 Å². The molecule has 0 atom stereocenters. The van der Waals surface area contributed by atoms with Gasteiger partial charge in [0.1, 0.15) is 12.2 Å². The smallest absolute Gasteiger partial charge is 0.191 e. The zero-order chi connectivity index (χ0) is 20.3. The molecule has 1 aromatic carbocycles. The molecule has 29 heavy (non-hydrogen) atoms. The van der Waals surface area contributed by atoms with Crippen molar-refractivity contribution in [1.82, 2.24) is 30.3 Å². The van der Waals surface area contributed by atoms with E-state index < -0.39 is 0 Å². The van der Waals surface area contributed by atoms with Gasteiger partial charge in [0.25, 0.3) is 0 Å². The number of aromatic nitrogens is 3. The van der Waals surface area contributed by atoms with Gasteiger partial charge in [-0.3, -0.25) is 4.90 Å². The number of ether oxygens (including phenoxy) is 1. The van der Waals surface area contributed by atoms with E-state index in [9.17, 15) is 0 Å². The summed E-state index contributed by atoms with van der Waals surface area (Å²) in [6.07, 6.45) is 2.64. The highest BCUT2D eigenvalue weighted by Crippen LogP contribution is 2.11. The van der Waals surface area contributed by atoms with Crippen molar-refractivity contribution in [2.45, 2.75) is 26.4 Å². The van der Waals surface area contributed by atoms with E-state index in [1.165, 1.54) is 0 Å². The Hall–Kier alpha value is -2.16. The molecular weight excluding hydrogens is 390 g/mol. The van der Waals surface area contributed by atoms with E-state index in [2.05, 4.69) is 37.2 Å². The van der Waals surface area contributed by atoms with Crippen LogP contribution in [-0.4, -0.2) is 71.6 Å². The average Bonchev–Trinajstić information content (AvgIpc) is 3.20. The number of halogens is 1. The highest BCUT2D eigenvalue weighted by atomic mass is 35.5. The number of benzene rings is 1. The molecule has 9 heteroatoms. The van der Waals surface area contributed by atoms with Gasteiger partial charge in [0.2, 0.25) is 0 Å². The predicted molar refractivity (Wildman–Crippen MR) is 115 cm³/mol. The average molecular weight is 420 g/mol. The number of morpholine rings is 1. The van der Waals surface area contributed by atoms with Crippen LogP contribution < -0.4 is 10.6 Å². The Labute approximate surface area is 177 Å². The highest BCUT2D eigenvalue weighted by molar-refractivity contribution is 6.30. The Balaban J connectivity index is 1.53. The van der Waals surface area contributed by atoms with Crippen molar-refractivity contribution in [3.05, 3.63) is 47.0 Å². The monoisotopic (exact) mass is 419 g/mol. The van der Waals surface area contributed by atoms with Gasteiger partial charge in [0.05, 0.1) is 19.8 Å². The molecule has 158 valence electrons. The second kappa shape index (κ2) is 11.7. The molecule has 1 aliphatic rings. The lowest BCUT2D eigenvalue weighted by atomic mass is 10.2. The van der Waals surface area contributed by atoms with Gasteiger partial charge in [-0.25, -0.2) is 4.99 Å². The summed E-state index contributed by atoms with van der Waals surface area (Å²) in [7, 11) is 0. The minimum absolute atomic E-state index is 0.570. The van der Waals surface area contributed by atoms with Crippen LogP contribution in [0.3, 0.4) is 0 Å². The topological polar surface area (TPSA) is 79.6 Å². The molecule has 0 amide bonds. The summed E-state index contributed by atoms with van der Waals surface area (Å²) >= 11 is 6.09. The Morgan fingerprint density at radius 3 is 2.76 bits per heavy atom. The number of aliphatic imine (C=N–C) groups is 1. The molecule has 0 aliphatic carbocycles. The number of hydrogen-bond donors (Lipinski definition) is 2. The van der Waals surface area contributed by atoms with Gasteiger partial charge >= 0.3 is 0 Å². The number of rotatable bonds is 9. The maximum atomic E-state index is 6.09. The second-order valence-electron chi connectivity index (χ2n) is 6.90. The Morgan fingerprint density at radius 2 is 2.00 bits per heavy atom. The van der Waals surface area contributed by atoms with Crippen molar-refractivity contribution in [1.29, 1.82) is 0 Å².